The zero-order valence-electron chi connectivity index (χ0n) is 11.7. The molecule has 0 aliphatic carbocycles. The van der Waals surface area contributed by atoms with Crippen LogP contribution in [0.2, 0.25) is 0 Å². The maximum absolute atomic E-state index is 11.8. The Kier molecular flexibility index (Phi) is 5.08. The Balaban J connectivity index is 2.29. The Morgan fingerprint density at radius 2 is 1.87 bits per heavy atom. The Morgan fingerprint density at radius 1 is 1.22 bits per heavy atom. The fraction of sp³-hybridized carbons (Fsp3) is 0.154. The lowest BCUT2D eigenvalue weighted by Gasteiger charge is -2.02. The van der Waals surface area contributed by atoms with Crippen LogP contribution in [0.5, 0.6) is 5.88 Å². The number of H-pyrrole nitrogens is 2. The van der Waals surface area contributed by atoms with Crippen LogP contribution in [0, 0.1) is 4.77 Å². The lowest BCUT2D eigenvalue weighted by atomic mass is 10.3. The van der Waals surface area contributed by atoms with E-state index in [-0.39, 0.29) is 21.0 Å². The van der Waals surface area contributed by atoms with Crippen molar-refractivity contribution >= 4 is 34.0 Å². The number of hydrogen-bond donors (Lipinski definition) is 4. The Hall–Kier alpha value is -2.30. The van der Waals surface area contributed by atoms with Crippen LogP contribution in [-0.4, -0.2) is 47.2 Å². The van der Waals surface area contributed by atoms with Gasteiger partial charge in [0.15, 0.2) is 14.6 Å². The number of nitrogens with one attached hydrogen (secondary N) is 2. The molecule has 0 saturated carbocycles. The Bertz CT molecular complexity index is 943. The van der Waals surface area contributed by atoms with Crippen LogP contribution in [0.3, 0.4) is 0 Å². The molecule has 0 bridgehead atoms. The quantitative estimate of drug-likeness (QED) is 0.459. The van der Waals surface area contributed by atoms with Gasteiger partial charge in [0.25, 0.3) is 5.56 Å². The number of benzene rings is 1. The molecule has 0 fully saturated rings. The number of aliphatic hydroxyl groups excluding tert-OH is 1. The minimum atomic E-state index is -3.53. The van der Waals surface area contributed by atoms with E-state index in [0.29, 0.717) is 5.69 Å². The number of sulfone groups is 1. The third-order valence-corrected chi connectivity index (χ3v) is 4.77. The molecule has 1 aromatic heterocycles. The molecule has 0 atom stereocenters. The minimum absolute atomic E-state index is 0.0110. The third-order valence-electron chi connectivity index (χ3n) is 2.86. The standard InChI is InChI=1S/C13H13N3O5S2/c17-5-6-23(20,21)9-3-1-8(2-4-9)14-7-10-11(18)15-13(22)16-12(10)19/h1-4,7,17H,5-6H2,(H3,15,16,18,19,22). The zero-order valence-corrected chi connectivity index (χ0v) is 13.3. The van der Waals surface area contributed by atoms with E-state index in [1.54, 1.807) is 0 Å². The van der Waals surface area contributed by atoms with Gasteiger partial charge in [-0.3, -0.25) is 14.8 Å². The Morgan fingerprint density at radius 3 is 2.43 bits per heavy atom. The largest absolute Gasteiger partial charge is 0.494 e. The molecule has 0 unspecified atom stereocenters. The highest BCUT2D eigenvalue weighted by Gasteiger charge is 2.13. The summed E-state index contributed by atoms with van der Waals surface area (Å²) in [6.07, 6.45) is 1.14. The fourth-order valence-corrected chi connectivity index (χ4v) is 2.94. The maximum Gasteiger partial charge on any atom is 0.264 e. The number of aliphatic hydroxyl groups is 1. The van der Waals surface area contributed by atoms with E-state index >= 15 is 0 Å². The fourth-order valence-electron chi connectivity index (χ4n) is 1.72. The molecule has 23 heavy (non-hydrogen) atoms. The van der Waals surface area contributed by atoms with Crippen molar-refractivity contribution in [3.8, 4) is 5.88 Å². The number of nitrogens with zero attached hydrogens (tertiary/aromatic N) is 1. The smallest absolute Gasteiger partial charge is 0.264 e. The van der Waals surface area contributed by atoms with Gasteiger partial charge in [-0.2, -0.15) is 0 Å². The molecule has 0 spiro atoms. The molecule has 1 heterocycles. The highest BCUT2D eigenvalue weighted by molar-refractivity contribution is 7.91. The topological polar surface area (TPSA) is 136 Å². The second kappa shape index (κ2) is 6.86. The average molecular weight is 355 g/mol. The second-order valence-electron chi connectivity index (χ2n) is 4.47. The van der Waals surface area contributed by atoms with Gasteiger partial charge >= 0.3 is 0 Å². The van der Waals surface area contributed by atoms with E-state index in [1.165, 1.54) is 24.3 Å². The molecule has 4 N–H and O–H groups in total. The van der Waals surface area contributed by atoms with Crippen LogP contribution in [0.15, 0.2) is 38.9 Å². The molecule has 0 amide bonds. The molecule has 0 aliphatic heterocycles. The van der Waals surface area contributed by atoms with E-state index < -0.39 is 27.9 Å². The molecular weight excluding hydrogens is 342 g/mol. The third kappa shape index (κ3) is 4.12. The van der Waals surface area contributed by atoms with Crippen LogP contribution < -0.4 is 5.56 Å². The van der Waals surface area contributed by atoms with Crippen LogP contribution in [0.25, 0.3) is 0 Å². The molecular formula is C13H13N3O5S2. The molecule has 10 heteroatoms. The predicted molar refractivity (Wildman–Crippen MR) is 86.7 cm³/mol. The average Bonchev–Trinajstić information content (AvgIpc) is 2.46. The van der Waals surface area contributed by atoms with Crippen LogP contribution in [0.4, 0.5) is 5.69 Å². The molecule has 2 aromatic rings. The SMILES string of the molecule is O=c1[nH]c(=S)[nH]c(O)c1C=Nc1ccc(S(=O)(=O)CCO)cc1. The van der Waals surface area contributed by atoms with E-state index in [2.05, 4.69) is 15.0 Å². The first kappa shape index (κ1) is 17.1. The summed E-state index contributed by atoms with van der Waals surface area (Å²) < 4.78 is 23.5. The highest BCUT2D eigenvalue weighted by atomic mass is 32.2. The first-order valence-corrected chi connectivity index (χ1v) is 8.43. The Labute approximate surface area is 136 Å². The first-order chi connectivity index (χ1) is 10.8. The summed E-state index contributed by atoms with van der Waals surface area (Å²) in [6.45, 7) is -0.459. The summed E-state index contributed by atoms with van der Waals surface area (Å²) >= 11 is 4.70. The van der Waals surface area contributed by atoms with Crippen molar-refractivity contribution in [1.82, 2.24) is 9.97 Å². The van der Waals surface area contributed by atoms with Crippen molar-refractivity contribution in [3.63, 3.8) is 0 Å². The predicted octanol–water partition coefficient (Wildman–Crippen LogP) is 0.655. The van der Waals surface area contributed by atoms with Gasteiger partial charge in [-0.15, -0.1) is 0 Å². The van der Waals surface area contributed by atoms with Crippen LogP contribution >= 0.6 is 12.2 Å². The van der Waals surface area contributed by atoms with E-state index in [4.69, 9.17) is 17.3 Å². The van der Waals surface area contributed by atoms with Gasteiger partial charge in [0, 0.05) is 6.21 Å². The van der Waals surface area contributed by atoms with Crippen molar-refractivity contribution in [3.05, 3.63) is 45.0 Å². The summed E-state index contributed by atoms with van der Waals surface area (Å²) in [5.74, 6) is -0.771. The number of aromatic amines is 2. The molecule has 122 valence electrons. The van der Waals surface area contributed by atoms with Crippen molar-refractivity contribution in [2.45, 2.75) is 4.90 Å². The van der Waals surface area contributed by atoms with Crippen LogP contribution in [-0.2, 0) is 9.84 Å². The summed E-state index contributed by atoms with van der Waals surface area (Å²) in [5, 5.41) is 18.4. The number of aromatic nitrogens is 2. The first-order valence-electron chi connectivity index (χ1n) is 6.37. The van der Waals surface area contributed by atoms with Crippen molar-refractivity contribution in [2.75, 3.05) is 12.4 Å². The van der Waals surface area contributed by atoms with Gasteiger partial charge in [0.05, 0.1) is 22.9 Å². The van der Waals surface area contributed by atoms with Gasteiger partial charge in [-0.05, 0) is 36.5 Å². The van der Waals surface area contributed by atoms with E-state index in [1.807, 2.05) is 0 Å². The summed E-state index contributed by atoms with van der Waals surface area (Å²) in [6, 6.07) is 5.58. The lowest BCUT2D eigenvalue weighted by molar-refractivity contribution is 0.319. The molecule has 0 aliphatic rings. The van der Waals surface area contributed by atoms with Crippen LogP contribution in [0.1, 0.15) is 5.56 Å². The maximum atomic E-state index is 11.8. The van der Waals surface area contributed by atoms with Gasteiger partial charge in [0.1, 0.15) is 5.56 Å². The second-order valence-corrected chi connectivity index (χ2v) is 6.98. The molecule has 8 nitrogen and oxygen atoms in total. The van der Waals surface area contributed by atoms with Gasteiger partial charge in [-0.1, -0.05) is 0 Å². The summed E-state index contributed by atoms with van der Waals surface area (Å²) in [7, 11) is -3.53. The van der Waals surface area contributed by atoms with Gasteiger partial charge in [-0.25, -0.2) is 8.42 Å². The zero-order chi connectivity index (χ0) is 17.0. The van der Waals surface area contributed by atoms with Gasteiger partial charge in [0.2, 0.25) is 5.88 Å². The highest BCUT2D eigenvalue weighted by Crippen LogP contribution is 2.18. The summed E-state index contributed by atoms with van der Waals surface area (Å²) in [5.41, 5.74) is -0.318. The monoisotopic (exact) mass is 355 g/mol. The molecule has 1 aromatic carbocycles. The van der Waals surface area contributed by atoms with Gasteiger partial charge < -0.3 is 15.2 Å². The van der Waals surface area contributed by atoms with Crippen molar-refractivity contribution in [2.24, 2.45) is 4.99 Å². The minimum Gasteiger partial charge on any atom is -0.494 e. The molecule has 2 rings (SSSR count). The normalized spacial score (nSPS) is 11.9. The lowest BCUT2D eigenvalue weighted by Crippen LogP contribution is -2.13. The number of hydrogen-bond acceptors (Lipinski definition) is 7. The number of aliphatic imine (C=N–C) groups is 1. The van der Waals surface area contributed by atoms with E-state index in [0.717, 1.165) is 6.21 Å². The van der Waals surface area contributed by atoms with E-state index in [9.17, 15) is 18.3 Å². The number of rotatable bonds is 5. The molecule has 0 saturated heterocycles. The van der Waals surface area contributed by atoms with Crippen molar-refractivity contribution < 1.29 is 18.6 Å². The summed E-state index contributed by atoms with van der Waals surface area (Å²) in [4.78, 5) is 20.4. The number of aromatic hydroxyl groups is 1. The van der Waals surface area contributed by atoms with Crippen molar-refractivity contribution in [1.29, 1.82) is 0 Å². The molecule has 0 radical (unpaired) electrons.